The van der Waals surface area contributed by atoms with Crippen molar-refractivity contribution in [2.24, 2.45) is 11.1 Å². The number of aliphatic hydroxyl groups excluding tert-OH is 1. The molecule has 16 heavy (non-hydrogen) atoms. The highest BCUT2D eigenvalue weighted by Gasteiger charge is 2.71. The standard InChI is InChI=1S/C12H17NO3/c1-11-4-2-3-5-12(11)9(16-12)8(14)7(6-11)10(13)15/h9,14H,2-6H2,1H3,(H2,13,15)/t9-,11+,12-/m0/s1. The van der Waals surface area contributed by atoms with E-state index in [0.717, 1.165) is 19.3 Å². The molecule has 1 aliphatic heterocycles. The Kier molecular flexibility index (Phi) is 1.78. The van der Waals surface area contributed by atoms with E-state index in [2.05, 4.69) is 6.92 Å². The normalized spacial score (nSPS) is 45.9. The van der Waals surface area contributed by atoms with Crippen molar-refractivity contribution in [2.75, 3.05) is 0 Å². The van der Waals surface area contributed by atoms with Crippen molar-refractivity contribution in [3.05, 3.63) is 11.3 Å². The lowest BCUT2D eigenvalue weighted by Gasteiger charge is -2.42. The van der Waals surface area contributed by atoms with E-state index in [4.69, 9.17) is 10.5 Å². The van der Waals surface area contributed by atoms with Crippen LogP contribution in [0.4, 0.5) is 0 Å². The highest BCUT2D eigenvalue weighted by atomic mass is 16.6. The molecule has 3 aliphatic rings. The third-order valence-corrected chi connectivity index (χ3v) is 4.66. The number of epoxide rings is 1. The molecule has 2 fully saturated rings. The first-order valence-corrected chi connectivity index (χ1v) is 5.90. The molecule has 0 unspecified atom stereocenters. The molecule has 3 atom stereocenters. The van der Waals surface area contributed by atoms with Crippen molar-refractivity contribution < 1.29 is 14.6 Å². The number of nitrogens with two attached hydrogens (primary N) is 1. The number of primary amides is 1. The zero-order valence-electron chi connectivity index (χ0n) is 9.45. The molecule has 3 N–H and O–H groups in total. The van der Waals surface area contributed by atoms with Crippen LogP contribution >= 0.6 is 0 Å². The van der Waals surface area contributed by atoms with Crippen LogP contribution in [0.3, 0.4) is 0 Å². The van der Waals surface area contributed by atoms with E-state index >= 15 is 0 Å². The van der Waals surface area contributed by atoms with Gasteiger partial charge in [-0.25, -0.2) is 0 Å². The van der Waals surface area contributed by atoms with Gasteiger partial charge in [0.1, 0.15) is 17.5 Å². The lowest BCUT2D eigenvalue weighted by atomic mass is 9.60. The smallest absolute Gasteiger partial charge is 0.248 e. The number of rotatable bonds is 1. The molecule has 4 heteroatoms. The first-order valence-electron chi connectivity index (χ1n) is 5.90. The van der Waals surface area contributed by atoms with Gasteiger partial charge in [-0.1, -0.05) is 19.8 Å². The minimum absolute atomic E-state index is 0.0213. The zero-order chi connectivity index (χ0) is 11.6. The monoisotopic (exact) mass is 223 g/mol. The zero-order valence-corrected chi connectivity index (χ0v) is 9.45. The summed E-state index contributed by atoms with van der Waals surface area (Å²) in [5.41, 5.74) is 5.46. The number of hydrogen-bond acceptors (Lipinski definition) is 3. The van der Waals surface area contributed by atoms with Gasteiger partial charge < -0.3 is 15.6 Å². The van der Waals surface area contributed by atoms with E-state index in [9.17, 15) is 9.90 Å². The predicted octanol–water partition coefficient (Wildman–Crippen LogP) is 1.41. The molecule has 0 bridgehead atoms. The number of aliphatic hydroxyl groups is 1. The fourth-order valence-corrected chi connectivity index (χ4v) is 3.61. The maximum Gasteiger partial charge on any atom is 0.248 e. The fraction of sp³-hybridized carbons (Fsp3) is 0.750. The number of carbonyl (C=O) groups is 1. The highest BCUT2D eigenvalue weighted by Crippen LogP contribution is 2.65. The van der Waals surface area contributed by atoms with Gasteiger partial charge in [0, 0.05) is 5.41 Å². The quantitative estimate of drug-likeness (QED) is 0.660. The van der Waals surface area contributed by atoms with Crippen LogP contribution in [0, 0.1) is 5.41 Å². The van der Waals surface area contributed by atoms with Crippen LogP contribution in [0.25, 0.3) is 0 Å². The average molecular weight is 223 g/mol. The Balaban J connectivity index is 2.04. The average Bonchev–Trinajstić information content (AvgIpc) is 2.95. The number of carbonyl (C=O) groups excluding carboxylic acids is 1. The Bertz CT molecular complexity index is 403. The Morgan fingerprint density at radius 3 is 2.88 bits per heavy atom. The second kappa shape index (κ2) is 2.80. The minimum Gasteiger partial charge on any atom is -0.509 e. The van der Waals surface area contributed by atoms with Gasteiger partial charge >= 0.3 is 0 Å². The van der Waals surface area contributed by atoms with E-state index in [0.29, 0.717) is 12.0 Å². The highest BCUT2D eigenvalue weighted by molar-refractivity contribution is 5.93. The summed E-state index contributed by atoms with van der Waals surface area (Å²) in [5, 5.41) is 9.95. The molecule has 1 saturated heterocycles. The minimum atomic E-state index is -0.506. The Labute approximate surface area is 94.5 Å². The summed E-state index contributed by atoms with van der Waals surface area (Å²) >= 11 is 0. The summed E-state index contributed by atoms with van der Waals surface area (Å²) < 4.78 is 5.75. The van der Waals surface area contributed by atoms with E-state index in [1.807, 2.05) is 0 Å². The van der Waals surface area contributed by atoms with E-state index < -0.39 is 5.91 Å². The molecule has 0 radical (unpaired) electrons. The van der Waals surface area contributed by atoms with E-state index in [1.165, 1.54) is 6.42 Å². The van der Waals surface area contributed by atoms with Gasteiger partial charge in [0.15, 0.2) is 0 Å². The van der Waals surface area contributed by atoms with Crippen molar-refractivity contribution in [1.82, 2.24) is 0 Å². The Morgan fingerprint density at radius 2 is 2.19 bits per heavy atom. The summed E-state index contributed by atoms with van der Waals surface area (Å²) in [7, 11) is 0. The first-order chi connectivity index (χ1) is 7.50. The lowest BCUT2D eigenvalue weighted by Crippen LogP contribution is -2.45. The topological polar surface area (TPSA) is 75.8 Å². The van der Waals surface area contributed by atoms with Gasteiger partial charge in [0.05, 0.1) is 5.57 Å². The third kappa shape index (κ3) is 1.01. The molecule has 2 aliphatic carbocycles. The molecule has 1 heterocycles. The largest absolute Gasteiger partial charge is 0.509 e. The molecular formula is C12H17NO3. The second-order valence-corrected chi connectivity index (χ2v) is 5.56. The van der Waals surface area contributed by atoms with Crippen molar-refractivity contribution in [1.29, 1.82) is 0 Å². The molecule has 0 aromatic heterocycles. The lowest BCUT2D eigenvalue weighted by molar-refractivity contribution is -0.115. The maximum atomic E-state index is 11.3. The fourth-order valence-electron chi connectivity index (χ4n) is 3.61. The summed E-state index contributed by atoms with van der Waals surface area (Å²) in [6.07, 6.45) is 4.64. The summed E-state index contributed by atoms with van der Waals surface area (Å²) in [6, 6.07) is 0. The molecule has 1 spiro atoms. The van der Waals surface area contributed by atoms with Gasteiger partial charge in [0.25, 0.3) is 0 Å². The SMILES string of the molecule is C[C@]12CCCC[C@@]13O[C@H]3C(O)=C(C(N)=O)C2. The molecule has 88 valence electrons. The second-order valence-electron chi connectivity index (χ2n) is 5.56. The van der Waals surface area contributed by atoms with Crippen molar-refractivity contribution in [2.45, 2.75) is 50.7 Å². The van der Waals surface area contributed by atoms with Crippen molar-refractivity contribution in [3.63, 3.8) is 0 Å². The number of amides is 1. The van der Waals surface area contributed by atoms with E-state index in [-0.39, 0.29) is 22.9 Å². The van der Waals surface area contributed by atoms with Gasteiger partial charge in [0.2, 0.25) is 5.91 Å². The molecule has 0 aromatic rings. The van der Waals surface area contributed by atoms with Gasteiger partial charge in [-0.3, -0.25) is 4.79 Å². The summed E-state index contributed by atoms with van der Waals surface area (Å²) in [4.78, 5) is 11.3. The van der Waals surface area contributed by atoms with Crippen LogP contribution in [0.5, 0.6) is 0 Å². The first kappa shape index (κ1) is 10.1. The third-order valence-electron chi connectivity index (χ3n) is 4.66. The number of ether oxygens (including phenoxy) is 1. The molecule has 0 aromatic carbocycles. The predicted molar refractivity (Wildman–Crippen MR) is 57.6 cm³/mol. The van der Waals surface area contributed by atoms with Crippen LogP contribution in [-0.2, 0) is 9.53 Å². The Hall–Kier alpha value is -1.03. The van der Waals surface area contributed by atoms with Gasteiger partial charge in [-0.2, -0.15) is 0 Å². The molecule has 3 rings (SSSR count). The molecular weight excluding hydrogens is 206 g/mol. The van der Waals surface area contributed by atoms with Crippen molar-refractivity contribution in [3.8, 4) is 0 Å². The summed E-state index contributed by atoms with van der Waals surface area (Å²) in [6.45, 7) is 2.15. The van der Waals surface area contributed by atoms with Gasteiger partial charge in [-0.05, 0) is 19.3 Å². The molecule has 1 saturated carbocycles. The van der Waals surface area contributed by atoms with E-state index in [1.54, 1.807) is 0 Å². The summed E-state index contributed by atoms with van der Waals surface area (Å²) in [5.74, 6) is -0.416. The van der Waals surface area contributed by atoms with Gasteiger partial charge in [-0.15, -0.1) is 0 Å². The van der Waals surface area contributed by atoms with Crippen molar-refractivity contribution >= 4 is 5.91 Å². The molecule has 4 nitrogen and oxygen atoms in total. The Morgan fingerprint density at radius 1 is 1.50 bits per heavy atom. The maximum absolute atomic E-state index is 11.3. The number of hydrogen-bond donors (Lipinski definition) is 2. The molecule has 1 amide bonds. The van der Waals surface area contributed by atoms with Crippen LogP contribution < -0.4 is 5.73 Å². The van der Waals surface area contributed by atoms with Crippen LogP contribution in [0.2, 0.25) is 0 Å². The van der Waals surface area contributed by atoms with Crippen LogP contribution in [0.15, 0.2) is 11.3 Å². The van der Waals surface area contributed by atoms with Crippen LogP contribution in [-0.4, -0.2) is 22.7 Å². The van der Waals surface area contributed by atoms with Crippen LogP contribution in [0.1, 0.15) is 39.0 Å².